The summed E-state index contributed by atoms with van der Waals surface area (Å²) < 4.78 is 0. The van der Waals surface area contributed by atoms with Crippen LogP contribution in [-0.4, -0.2) is 20.1 Å². The molecule has 0 aliphatic heterocycles. The maximum atomic E-state index is 3.46. The molecule has 0 spiro atoms. The van der Waals surface area contributed by atoms with Gasteiger partial charge in [-0.1, -0.05) is 49.2 Å². The van der Waals surface area contributed by atoms with Crippen LogP contribution in [0.5, 0.6) is 0 Å². The summed E-state index contributed by atoms with van der Waals surface area (Å²) >= 11 is 0. The molecule has 1 N–H and O–H groups in total. The van der Waals surface area contributed by atoms with Crippen LogP contribution in [-0.2, 0) is 0 Å². The summed E-state index contributed by atoms with van der Waals surface area (Å²) in [5.41, 5.74) is 2.53. The van der Waals surface area contributed by atoms with Gasteiger partial charge < -0.3 is 10.2 Å². The van der Waals surface area contributed by atoms with Crippen LogP contribution in [0.4, 0.5) is 11.4 Å². The molecule has 0 saturated carbocycles. The molecular weight excluding hydrogens is 256 g/mol. The molecule has 2 heteroatoms. The van der Waals surface area contributed by atoms with Gasteiger partial charge in [0.05, 0.1) is 0 Å². The van der Waals surface area contributed by atoms with Gasteiger partial charge in [0.25, 0.3) is 0 Å². The third-order valence-corrected chi connectivity index (χ3v) is 3.72. The summed E-state index contributed by atoms with van der Waals surface area (Å²) in [6, 6.07) is 21.0. The van der Waals surface area contributed by atoms with Crippen LogP contribution in [0.15, 0.2) is 60.7 Å². The molecule has 0 heterocycles. The molecule has 0 saturated heterocycles. The van der Waals surface area contributed by atoms with E-state index in [1.165, 1.54) is 37.1 Å². The fourth-order valence-corrected chi connectivity index (χ4v) is 2.43. The minimum Gasteiger partial charge on any atom is -0.385 e. The van der Waals surface area contributed by atoms with E-state index in [0.717, 1.165) is 13.1 Å². The van der Waals surface area contributed by atoms with Gasteiger partial charge in [0.2, 0.25) is 0 Å². The van der Waals surface area contributed by atoms with Gasteiger partial charge >= 0.3 is 0 Å². The molecule has 0 fully saturated rings. The highest BCUT2D eigenvalue weighted by Gasteiger charge is 1.99. The quantitative estimate of drug-likeness (QED) is 0.665. The van der Waals surface area contributed by atoms with E-state index in [9.17, 15) is 0 Å². The molecule has 0 unspecified atom stereocenters. The summed E-state index contributed by atoms with van der Waals surface area (Å²) in [6.45, 7) is 2.20. The SMILES string of the molecule is CN(CCCCCCNc1ccccc1)c1ccccc1. The largest absolute Gasteiger partial charge is 0.385 e. The first-order valence-electron chi connectivity index (χ1n) is 7.91. The van der Waals surface area contributed by atoms with Crippen molar-refractivity contribution in [2.45, 2.75) is 25.7 Å². The van der Waals surface area contributed by atoms with Gasteiger partial charge in [-0.15, -0.1) is 0 Å². The van der Waals surface area contributed by atoms with Crippen molar-refractivity contribution in [1.29, 1.82) is 0 Å². The average Bonchev–Trinajstić information content (AvgIpc) is 2.55. The van der Waals surface area contributed by atoms with E-state index >= 15 is 0 Å². The Morgan fingerprint density at radius 3 is 2.10 bits per heavy atom. The molecule has 2 aromatic rings. The summed E-state index contributed by atoms with van der Waals surface area (Å²) in [7, 11) is 2.17. The minimum atomic E-state index is 1.07. The van der Waals surface area contributed by atoms with Crippen LogP contribution < -0.4 is 10.2 Å². The summed E-state index contributed by atoms with van der Waals surface area (Å²) in [4.78, 5) is 2.34. The van der Waals surface area contributed by atoms with Crippen molar-refractivity contribution in [2.75, 3.05) is 30.4 Å². The van der Waals surface area contributed by atoms with Gasteiger partial charge in [0.1, 0.15) is 0 Å². The second-order valence-electron chi connectivity index (χ2n) is 5.46. The highest BCUT2D eigenvalue weighted by atomic mass is 15.1. The molecule has 21 heavy (non-hydrogen) atoms. The van der Waals surface area contributed by atoms with Crippen molar-refractivity contribution in [3.8, 4) is 0 Å². The Labute approximate surface area is 128 Å². The first-order valence-corrected chi connectivity index (χ1v) is 7.91. The van der Waals surface area contributed by atoms with Gasteiger partial charge in [-0.05, 0) is 37.1 Å². The molecule has 0 bridgehead atoms. The van der Waals surface area contributed by atoms with Crippen molar-refractivity contribution in [2.24, 2.45) is 0 Å². The number of rotatable bonds is 9. The Balaban J connectivity index is 1.50. The molecular formula is C19H26N2. The van der Waals surface area contributed by atoms with Crippen LogP contribution in [0.1, 0.15) is 25.7 Å². The summed E-state index contributed by atoms with van der Waals surface area (Å²) in [6.07, 6.45) is 5.09. The number of nitrogens with one attached hydrogen (secondary N) is 1. The lowest BCUT2D eigenvalue weighted by Crippen LogP contribution is -2.18. The number of nitrogens with zero attached hydrogens (tertiary/aromatic N) is 1. The van der Waals surface area contributed by atoms with Gasteiger partial charge in [-0.3, -0.25) is 0 Å². The molecule has 112 valence electrons. The third kappa shape index (κ3) is 5.90. The molecule has 0 aromatic heterocycles. The fraction of sp³-hybridized carbons (Fsp3) is 0.368. The van der Waals surface area contributed by atoms with Gasteiger partial charge in [0, 0.05) is 31.5 Å². The summed E-state index contributed by atoms with van der Waals surface area (Å²) in [5.74, 6) is 0. The zero-order chi connectivity index (χ0) is 14.8. The maximum absolute atomic E-state index is 3.46. The fourth-order valence-electron chi connectivity index (χ4n) is 2.43. The molecule has 2 nitrogen and oxygen atoms in total. The second-order valence-corrected chi connectivity index (χ2v) is 5.46. The molecule has 0 aliphatic rings. The maximum Gasteiger partial charge on any atom is 0.0363 e. The first kappa shape index (κ1) is 15.4. The number of benzene rings is 2. The molecule has 0 atom stereocenters. The first-order chi connectivity index (χ1) is 10.4. The van der Waals surface area contributed by atoms with Crippen LogP contribution in [0, 0.1) is 0 Å². The molecule has 2 aromatic carbocycles. The van der Waals surface area contributed by atoms with Crippen LogP contribution >= 0.6 is 0 Å². The smallest absolute Gasteiger partial charge is 0.0363 e. The topological polar surface area (TPSA) is 15.3 Å². The monoisotopic (exact) mass is 282 g/mol. The normalized spacial score (nSPS) is 10.3. The van der Waals surface area contributed by atoms with E-state index in [1.807, 2.05) is 0 Å². The molecule has 0 radical (unpaired) electrons. The van der Waals surface area contributed by atoms with Crippen molar-refractivity contribution in [3.63, 3.8) is 0 Å². The van der Waals surface area contributed by atoms with Crippen molar-refractivity contribution < 1.29 is 0 Å². The Bertz CT molecular complexity index is 481. The molecule has 0 aliphatic carbocycles. The Morgan fingerprint density at radius 2 is 1.38 bits per heavy atom. The van der Waals surface area contributed by atoms with Crippen LogP contribution in [0.3, 0.4) is 0 Å². The predicted octanol–water partition coefficient (Wildman–Crippen LogP) is 4.80. The molecule has 2 rings (SSSR count). The lowest BCUT2D eigenvalue weighted by molar-refractivity contribution is 0.650. The Hall–Kier alpha value is -1.96. The highest BCUT2D eigenvalue weighted by molar-refractivity contribution is 5.44. The predicted molar refractivity (Wildman–Crippen MR) is 93.1 cm³/mol. The van der Waals surface area contributed by atoms with Crippen molar-refractivity contribution >= 4 is 11.4 Å². The van der Waals surface area contributed by atoms with Gasteiger partial charge in [-0.25, -0.2) is 0 Å². The Kier molecular flexibility index (Phi) is 6.66. The Morgan fingerprint density at radius 1 is 0.762 bits per heavy atom. The third-order valence-electron chi connectivity index (χ3n) is 3.72. The lowest BCUT2D eigenvalue weighted by atomic mass is 10.2. The van der Waals surface area contributed by atoms with Crippen LogP contribution in [0.25, 0.3) is 0 Å². The van der Waals surface area contributed by atoms with E-state index < -0.39 is 0 Å². The van der Waals surface area contributed by atoms with E-state index in [4.69, 9.17) is 0 Å². The minimum absolute atomic E-state index is 1.07. The van der Waals surface area contributed by atoms with E-state index in [2.05, 4.69) is 77.9 Å². The zero-order valence-corrected chi connectivity index (χ0v) is 13.0. The molecule has 0 amide bonds. The zero-order valence-electron chi connectivity index (χ0n) is 13.0. The van der Waals surface area contributed by atoms with E-state index in [0.29, 0.717) is 0 Å². The van der Waals surface area contributed by atoms with Crippen molar-refractivity contribution in [1.82, 2.24) is 0 Å². The number of hydrogen-bond acceptors (Lipinski definition) is 2. The van der Waals surface area contributed by atoms with Crippen LogP contribution in [0.2, 0.25) is 0 Å². The van der Waals surface area contributed by atoms with Gasteiger partial charge in [0.15, 0.2) is 0 Å². The van der Waals surface area contributed by atoms with Crippen molar-refractivity contribution in [3.05, 3.63) is 60.7 Å². The number of hydrogen-bond donors (Lipinski definition) is 1. The number of anilines is 2. The van der Waals surface area contributed by atoms with E-state index in [-0.39, 0.29) is 0 Å². The van der Waals surface area contributed by atoms with Gasteiger partial charge in [-0.2, -0.15) is 0 Å². The highest BCUT2D eigenvalue weighted by Crippen LogP contribution is 2.12. The standard InChI is InChI=1S/C19H26N2/c1-21(19-14-8-5-9-15-19)17-11-3-2-10-16-20-18-12-6-4-7-13-18/h4-9,12-15,20H,2-3,10-11,16-17H2,1H3. The number of unbranched alkanes of at least 4 members (excludes halogenated alkanes) is 3. The summed E-state index contributed by atoms with van der Waals surface area (Å²) in [5, 5.41) is 3.46. The number of para-hydroxylation sites is 2. The van der Waals surface area contributed by atoms with E-state index in [1.54, 1.807) is 0 Å². The lowest BCUT2D eigenvalue weighted by Gasteiger charge is -2.19. The average molecular weight is 282 g/mol. The second kappa shape index (κ2) is 9.06.